The van der Waals surface area contributed by atoms with Crippen LogP contribution in [0.3, 0.4) is 0 Å². The van der Waals surface area contributed by atoms with Crippen molar-refractivity contribution in [2.24, 2.45) is 5.92 Å². The van der Waals surface area contributed by atoms with E-state index in [1.54, 1.807) is 11.3 Å². The van der Waals surface area contributed by atoms with E-state index in [4.69, 9.17) is 0 Å². The molecule has 0 aliphatic heterocycles. The van der Waals surface area contributed by atoms with Crippen molar-refractivity contribution < 1.29 is 4.79 Å². The summed E-state index contributed by atoms with van der Waals surface area (Å²) in [4.78, 5) is 11.9. The van der Waals surface area contributed by atoms with Crippen LogP contribution < -0.4 is 0 Å². The van der Waals surface area contributed by atoms with Gasteiger partial charge in [0.15, 0.2) is 6.29 Å². The first-order valence-electron chi connectivity index (χ1n) is 4.17. The molecule has 0 amide bonds. The third-order valence-corrected chi connectivity index (χ3v) is 2.96. The monoisotopic (exact) mass is 182 g/mol. The van der Waals surface area contributed by atoms with Crippen molar-refractivity contribution in [3.8, 4) is 0 Å². The Hall–Kier alpha value is -0.630. The van der Waals surface area contributed by atoms with Crippen molar-refractivity contribution in [1.29, 1.82) is 0 Å². The highest BCUT2D eigenvalue weighted by atomic mass is 32.1. The Labute approximate surface area is 77.4 Å². The molecule has 12 heavy (non-hydrogen) atoms. The van der Waals surface area contributed by atoms with Crippen molar-refractivity contribution in [3.63, 3.8) is 0 Å². The molecule has 0 atom stereocenters. The van der Waals surface area contributed by atoms with Crippen LogP contribution >= 0.6 is 11.3 Å². The largest absolute Gasteiger partial charge is 0.298 e. The zero-order valence-electron chi connectivity index (χ0n) is 7.76. The average molecular weight is 182 g/mol. The number of aryl methyl sites for hydroxylation is 1. The molecule has 0 aliphatic rings. The molecule has 0 radical (unpaired) electrons. The van der Waals surface area contributed by atoms with E-state index in [0.29, 0.717) is 5.92 Å². The molecule has 0 N–H and O–H groups in total. The molecular weight excluding hydrogens is 168 g/mol. The number of rotatable bonds is 3. The Kier molecular flexibility index (Phi) is 3.04. The fraction of sp³-hybridized carbons (Fsp3) is 0.500. The molecule has 1 nitrogen and oxygen atoms in total. The molecule has 2 heteroatoms. The van der Waals surface area contributed by atoms with Gasteiger partial charge in [-0.05, 0) is 30.2 Å². The van der Waals surface area contributed by atoms with Crippen LogP contribution in [0.2, 0.25) is 0 Å². The van der Waals surface area contributed by atoms with Gasteiger partial charge in [-0.25, -0.2) is 0 Å². The van der Waals surface area contributed by atoms with Crippen LogP contribution in [-0.4, -0.2) is 6.29 Å². The van der Waals surface area contributed by atoms with E-state index in [2.05, 4.69) is 19.2 Å². The minimum Gasteiger partial charge on any atom is -0.298 e. The van der Waals surface area contributed by atoms with Gasteiger partial charge in [0.25, 0.3) is 0 Å². The smallest absolute Gasteiger partial charge is 0.151 e. The van der Waals surface area contributed by atoms with Gasteiger partial charge in [0, 0.05) is 10.4 Å². The molecule has 0 unspecified atom stereocenters. The molecule has 0 fully saturated rings. The van der Waals surface area contributed by atoms with E-state index in [0.717, 1.165) is 23.8 Å². The maximum atomic E-state index is 10.7. The Balaban J connectivity index is 2.91. The molecule has 0 saturated heterocycles. The SMILES string of the molecule is Cc1csc(CC(C)C)c1C=O. The normalized spacial score (nSPS) is 10.7. The lowest BCUT2D eigenvalue weighted by molar-refractivity contribution is 0.112. The van der Waals surface area contributed by atoms with Gasteiger partial charge in [-0.1, -0.05) is 13.8 Å². The summed E-state index contributed by atoms with van der Waals surface area (Å²) in [5.41, 5.74) is 2.03. The number of hydrogen-bond acceptors (Lipinski definition) is 2. The summed E-state index contributed by atoms with van der Waals surface area (Å²) in [7, 11) is 0. The van der Waals surface area contributed by atoms with Gasteiger partial charge in [0.1, 0.15) is 0 Å². The molecule has 1 aromatic rings. The fourth-order valence-corrected chi connectivity index (χ4v) is 2.41. The molecule has 66 valence electrons. The molecule has 0 aromatic carbocycles. The van der Waals surface area contributed by atoms with Gasteiger partial charge < -0.3 is 0 Å². The van der Waals surface area contributed by atoms with Gasteiger partial charge in [0.05, 0.1) is 0 Å². The maximum absolute atomic E-state index is 10.7. The van der Waals surface area contributed by atoms with E-state index in [9.17, 15) is 4.79 Å². The van der Waals surface area contributed by atoms with E-state index in [-0.39, 0.29) is 0 Å². The first-order valence-corrected chi connectivity index (χ1v) is 5.05. The highest BCUT2D eigenvalue weighted by Gasteiger charge is 2.08. The topological polar surface area (TPSA) is 17.1 Å². The number of aldehydes is 1. The quantitative estimate of drug-likeness (QED) is 0.656. The number of carbonyl (C=O) groups is 1. The Morgan fingerprint density at radius 2 is 2.25 bits per heavy atom. The van der Waals surface area contributed by atoms with Crippen LogP contribution in [0, 0.1) is 12.8 Å². The van der Waals surface area contributed by atoms with Crippen LogP contribution in [0.4, 0.5) is 0 Å². The molecule has 0 aliphatic carbocycles. The van der Waals surface area contributed by atoms with Gasteiger partial charge in [-0.3, -0.25) is 4.79 Å². The third kappa shape index (κ3) is 1.95. The molecule has 1 rings (SSSR count). The first-order chi connectivity index (χ1) is 5.65. The first kappa shape index (κ1) is 9.46. The number of carbonyl (C=O) groups excluding carboxylic acids is 1. The lowest BCUT2D eigenvalue weighted by Crippen LogP contribution is -1.95. The lowest BCUT2D eigenvalue weighted by Gasteiger charge is -2.02. The van der Waals surface area contributed by atoms with Gasteiger partial charge in [-0.15, -0.1) is 11.3 Å². The molecular formula is C10H14OS. The Bertz CT molecular complexity index is 273. The van der Waals surface area contributed by atoms with Crippen molar-refractivity contribution >= 4 is 17.6 Å². The summed E-state index contributed by atoms with van der Waals surface area (Å²) in [5.74, 6) is 0.627. The van der Waals surface area contributed by atoms with Crippen LogP contribution in [0.25, 0.3) is 0 Å². The molecule has 1 aromatic heterocycles. The summed E-state index contributed by atoms with van der Waals surface area (Å²) < 4.78 is 0. The summed E-state index contributed by atoms with van der Waals surface area (Å²) >= 11 is 1.70. The van der Waals surface area contributed by atoms with Gasteiger partial charge in [0.2, 0.25) is 0 Å². The van der Waals surface area contributed by atoms with E-state index >= 15 is 0 Å². The number of hydrogen-bond donors (Lipinski definition) is 0. The summed E-state index contributed by atoms with van der Waals surface area (Å²) in [6, 6.07) is 0. The van der Waals surface area contributed by atoms with Crippen molar-refractivity contribution in [3.05, 3.63) is 21.4 Å². The fourth-order valence-electron chi connectivity index (χ4n) is 1.19. The number of thiophene rings is 1. The van der Waals surface area contributed by atoms with E-state index in [1.807, 2.05) is 6.92 Å². The second kappa shape index (κ2) is 3.85. The Morgan fingerprint density at radius 3 is 2.75 bits per heavy atom. The van der Waals surface area contributed by atoms with Crippen LogP contribution in [0.5, 0.6) is 0 Å². The van der Waals surface area contributed by atoms with Crippen LogP contribution in [-0.2, 0) is 6.42 Å². The second-order valence-electron chi connectivity index (χ2n) is 3.47. The maximum Gasteiger partial charge on any atom is 0.151 e. The standard InChI is InChI=1S/C10H14OS/c1-7(2)4-10-9(5-11)8(3)6-12-10/h5-7H,4H2,1-3H3. The summed E-state index contributed by atoms with van der Waals surface area (Å²) in [6.07, 6.45) is 2.00. The molecule has 0 saturated carbocycles. The second-order valence-corrected chi connectivity index (χ2v) is 4.44. The van der Waals surface area contributed by atoms with Crippen molar-refractivity contribution in [1.82, 2.24) is 0 Å². The minimum atomic E-state index is 0.627. The lowest BCUT2D eigenvalue weighted by atomic mass is 10.1. The molecule has 1 heterocycles. The minimum absolute atomic E-state index is 0.627. The predicted octanol–water partition coefficient (Wildman–Crippen LogP) is 3.07. The van der Waals surface area contributed by atoms with Gasteiger partial charge in [-0.2, -0.15) is 0 Å². The predicted molar refractivity (Wildman–Crippen MR) is 53.0 cm³/mol. The van der Waals surface area contributed by atoms with E-state index < -0.39 is 0 Å². The summed E-state index contributed by atoms with van der Waals surface area (Å²) in [5, 5.41) is 2.06. The third-order valence-electron chi connectivity index (χ3n) is 1.81. The van der Waals surface area contributed by atoms with Crippen molar-refractivity contribution in [2.75, 3.05) is 0 Å². The highest BCUT2D eigenvalue weighted by molar-refractivity contribution is 7.10. The van der Waals surface area contributed by atoms with E-state index in [1.165, 1.54) is 4.88 Å². The average Bonchev–Trinajstić information content (AvgIpc) is 2.30. The van der Waals surface area contributed by atoms with Gasteiger partial charge >= 0.3 is 0 Å². The molecule has 0 spiro atoms. The van der Waals surface area contributed by atoms with Crippen LogP contribution in [0.1, 0.15) is 34.6 Å². The summed E-state index contributed by atoms with van der Waals surface area (Å²) in [6.45, 7) is 6.33. The van der Waals surface area contributed by atoms with Crippen LogP contribution in [0.15, 0.2) is 5.38 Å². The van der Waals surface area contributed by atoms with Crippen molar-refractivity contribution in [2.45, 2.75) is 27.2 Å². The zero-order valence-corrected chi connectivity index (χ0v) is 8.57. The molecule has 0 bridgehead atoms. The Morgan fingerprint density at radius 1 is 1.58 bits per heavy atom. The highest BCUT2D eigenvalue weighted by Crippen LogP contribution is 2.22. The zero-order chi connectivity index (χ0) is 9.14.